The normalized spacial score (nSPS) is 23.0. The van der Waals surface area contributed by atoms with Gasteiger partial charge in [-0.05, 0) is 25.0 Å². The molecule has 1 fully saturated rings. The topological polar surface area (TPSA) is 54.0 Å². The van der Waals surface area contributed by atoms with E-state index in [-0.39, 0.29) is 6.10 Å². The number of ether oxygens (including phenoxy) is 4. The first-order valence-corrected chi connectivity index (χ1v) is 9.26. The van der Waals surface area contributed by atoms with E-state index in [0.717, 1.165) is 17.2 Å². The van der Waals surface area contributed by atoms with Crippen LogP contribution in [0.2, 0.25) is 0 Å². The van der Waals surface area contributed by atoms with Crippen LogP contribution in [0.1, 0.15) is 37.2 Å². The van der Waals surface area contributed by atoms with Crippen LogP contribution in [0.15, 0.2) is 73.3 Å². The molecule has 5 heteroatoms. The molecule has 1 unspecified atom stereocenters. The molecule has 1 saturated heterocycles. The minimum atomic E-state index is -0.853. The smallest absolute Gasteiger partial charge is 0.330 e. The average molecular weight is 382 g/mol. The van der Waals surface area contributed by atoms with Crippen LogP contribution >= 0.6 is 0 Å². The molecule has 0 saturated carbocycles. The highest BCUT2D eigenvalue weighted by Crippen LogP contribution is 2.43. The van der Waals surface area contributed by atoms with Gasteiger partial charge in [0.05, 0.1) is 0 Å². The van der Waals surface area contributed by atoms with Crippen molar-refractivity contribution in [3.8, 4) is 0 Å². The Morgan fingerprint density at radius 2 is 1.43 bits per heavy atom. The minimum Gasteiger partial charge on any atom is -0.451 e. The number of esters is 1. The van der Waals surface area contributed by atoms with Crippen LogP contribution in [-0.4, -0.2) is 31.1 Å². The highest BCUT2D eigenvalue weighted by molar-refractivity contribution is 5.81. The summed E-state index contributed by atoms with van der Waals surface area (Å²) < 4.78 is 23.9. The Labute approximate surface area is 165 Å². The van der Waals surface area contributed by atoms with Gasteiger partial charge in [0.2, 0.25) is 0 Å². The predicted molar refractivity (Wildman–Crippen MR) is 105 cm³/mol. The molecule has 2 aromatic rings. The van der Waals surface area contributed by atoms with E-state index in [9.17, 15) is 4.79 Å². The minimum absolute atomic E-state index is 0.387. The van der Waals surface area contributed by atoms with Crippen molar-refractivity contribution in [1.29, 1.82) is 0 Å². The maximum absolute atomic E-state index is 12.1. The molecule has 1 aliphatic rings. The number of hydrogen-bond donors (Lipinski definition) is 0. The summed E-state index contributed by atoms with van der Waals surface area (Å²) in [4.78, 5) is 12.1. The molecule has 0 spiro atoms. The number of carbonyl (C=O) groups excluding carboxylic acids is 1. The molecule has 0 bridgehead atoms. The first-order valence-electron chi connectivity index (χ1n) is 9.26. The molecule has 0 radical (unpaired) electrons. The van der Waals surface area contributed by atoms with Crippen molar-refractivity contribution in [3.63, 3.8) is 0 Å². The number of hydrogen-bond acceptors (Lipinski definition) is 5. The maximum Gasteiger partial charge on any atom is 0.330 e. The molecule has 5 nitrogen and oxygen atoms in total. The van der Waals surface area contributed by atoms with Gasteiger partial charge < -0.3 is 18.9 Å². The van der Waals surface area contributed by atoms with Crippen molar-refractivity contribution in [2.75, 3.05) is 7.11 Å². The molecule has 0 amide bonds. The van der Waals surface area contributed by atoms with Gasteiger partial charge in [0.25, 0.3) is 0 Å². The van der Waals surface area contributed by atoms with Gasteiger partial charge >= 0.3 is 5.97 Å². The van der Waals surface area contributed by atoms with Gasteiger partial charge in [-0.25, -0.2) is 4.79 Å². The second kappa shape index (κ2) is 8.69. The summed E-state index contributed by atoms with van der Waals surface area (Å²) in [5, 5.41) is 0. The molecular weight excluding hydrogens is 356 g/mol. The molecule has 0 N–H and O–H groups in total. The molecule has 0 aromatic heterocycles. The quantitative estimate of drug-likeness (QED) is 0.526. The molecule has 3 rings (SSSR count). The third-order valence-electron chi connectivity index (χ3n) is 4.68. The van der Waals surface area contributed by atoms with Gasteiger partial charge in [0, 0.05) is 13.2 Å². The van der Waals surface area contributed by atoms with Gasteiger partial charge in [-0.1, -0.05) is 67.2 Å². The van der Waals surface area contributed by atoms with E-state index >= 15 is 0 Å². The lowest BCUT2D eigenvalue weighted by Gasteiger charge is -2.30. The van der Waals surface area contributed by atoms with Crippen LogP contribution in [0.4, 0.5) is 0 Å². The molecule has 2 aromatic carbocycles. The number of methoxy groups -OCH3 is 1. The predicted octanol–water partition coefficient (Wildman–Crippen LogP) is 4.36. The fourth-order valence-electron chi connectivity index (χ4n) is 3.53. The zero-order valence-corrected chi connectivity index (χ0v) is 16.4. The van der Waals surface area contributed by atoms with E-state index in [2.05, 4.69) is 6.58 Å². The fourth-order valence-corrected chi connectivity index (χ4v) is 3.53. The van der Waals surface area contributed by atoms with Gasteiger partial charge in [-0.3, -0.25) is 0 Å². The Hall–Kier alpha value is -2.47. The largest absolute Gasteiger partial charge is 0.451 e. The van der Waals surface area contributed by atoms with Gasteiger partial charge in [-0.15, -0.1) is 0 Å². The lowest BCUT2D eigenvalue weighted by atomic mass is 9.93. The Morgan fingerprint density at radius 3 is 1.89 bits per heavy atom. The Balaban J connectivity index is 2.00. The third kappa shape index (κ3) is 4.50. The molecule has 4 atom stereocenters. The lowest BCUT2D eigenvalue weighted by molar-refractivity contribution is -0.170. The molecule has 1 aliphatic heterocycles. The summed E-state index contributed by atoms with van der Waals surface area (Å²) in [6.45, 7) is 7.19. The van der Waals surface area contributed by atoms with E-state index in [1.807, 2.05) is 74.5 Å². The third-order valence-corrected chi connectivity index (χ3v) is 4.68. The van der Waals surface area contributed by atoms with Gasteiger partial charge in [0.1, 0.15) is 18.3 Å². The van der Waals surface area contributed by atoms with E-state index < -0.39 is 30.1 Å². The van der Waals surface area contributed by atoms with Crippen LogP contribution in [0.3, 0.4) is 0 Å². The van der Waals surface area contributed by atoms with Crippen LogP contribution in [0, 0.1) is 0 Å². The summed E-state index contributed by atoms with van der Waals surface area (Å²) in [5.41, 5.74) is 1.78. The molecule has 1 heterocycles. The Bertz CT molecular complexity index is 787. The second-order valence-corrected chi connectivity index (χ2v) is 7.10. The summed E-state index contributed by atoms with van der Waals surface area (Å²) in [6.07, 6.45) is -0.949. The number of carbonyl (C=O) groups is 1. The molecule has 148 valence electrons. The van der Waals surface area contributed by atoms with Crippen molar-refractivity contribution in [2.45, 2.75) is 44.1 Å². The van der Waals surface area contributed by atoms with Gasteiger partial charge in [0.15, 0.2) is 11.9 Å². The highest BCUT2D eigenvalue weighted by atomic mass is 16.8. The SMILES string of the molecule is C=CC(=O)O[C@H](c1ccccc1)C1OC(C)(C)O[C@H]1[C@H](OC)c1ccccc1. The van der Waals surface area contributed by atoms with E-state index in [1.54, 1.807) is 7.11 Å². The summed E-state index contributed by atoms with van der Waals surface area (Å²) in [6, 6.07) is 19.3. The molecular formula is C23H26O5. The van der Waals surface area contributed by atoms with Crippen molar-refractivity contribution in [3.05, 3.63) is 84.4 Å². The zero-order chi connectivity index (χ0) is 20.1. The monoisotopic (exact) mass is 382 g/mol. The fraction of sp³-hybridized carbons (Fsp3) is 0.348. The summed E-state index contributed by atoms with van der Waals surface area (Å²) in [7, 11) is 1.64. The van der Waals surface area contributed by atoms with E-state index in [4.69, 9.17) is 18.9 Å². The molecule has 0 aliphatic carbocycles. The average Bonchev–Trinajstić information content (AvgIpc) is 3.03. The van der Waals surface area contributed by atoms with Crippen LogP contribution in [0.25, 0.3) is 0 Å². The lowest BCUT2D eigenvalue weighted by Crippen LogP contribution is -2.37. The molecule has 28 heavy (non-hydrogen) atoms. The Morgan fingerprint density at radius 1 is 0.964 bits per heavy atom. The Kier molecular flexibility index (Phi) is 6.29. The second-order valence-electron chi connectivity index (χ2n) is 7.10. The zero-order valence-electron chi connectivity index (χ0n) is 16.4. The van der Waals surface area contributed by atoms with Crippen molar-refractivity contribution in [2.24, 2.45) is 0 Å². The standard InChI is InChI=1S/C23H26O5/c1-5-18(24)26-20(17-14-10-7-11-15-17)22-21(27-23(2,3)28-22)19(25-4)16-12-8-6-9-13-16/h5-15,19-22H,1H2,2-4H3/t19-,20-,21+,22?/m1/s1. The van der Waals surface area contributed by atoms with E-state index in [1.165, 1.54) is 0 Å². The van der Waals surface area contributed by atoms with E-state index in [0.29, 0.717) is 0 Å². The number of benzene rings is 2. The van der Waals surface area contributed by atoms with Crippen LogP contribution in [-0.2, 0) is 23.7 Å². The maximum atomic E-state index is 12.1. The van der Waals surface area contributed by atoms with Gasteiger partial charge in [-0.2, -0.15) is 0 Å². The first-order chi connectivity index (χ1) is 13.4. The van der Waals surface area contributed by atoms with Crippen LogP contribution in [0.5, 0.6) is 0 Å². The first kappa shape index (κ1) is 20.3. The van der Waals surface area contributed by atoms with Crippen molar-refractivity contribution in [1.82, 2.24) is 0 Å². The van der Waals surface area contributed by atoms with Crippen molar-refractivity contribution < 1.29 is 23.7 Å². The summed E-state index contributed by atoms with van der Waals surface area (Å²) >= 11 is 0. The van der Waals surface area contributed by atoms with Crippen molar-refractivity contribution >= 4 is 5.97 Å². The number of rotatable bonds is 7. The highest BCUT2D eigenvalue weighted by Gasteiger charge is 2.50. The van der Waals surface area contributed by atoms with Crippen LogP contribution < -0.4 is 0 Å². The summed E-state index contributed by atoms with van der Waals surface area (Å²) in [5.74, 6) is -1.37.